The van der Waals surface area contributed by atoms with Gasteiger partial charge in [-0.05, 0) is 6.42 Å². The smallest absolute Gasteiger partial charge is 0.125 e. The zero-order valence-electron chi connectivity index (χ0n) is 6.43. The Labute approximate surface area is 67.1 Å². The third-order valence-electron chi connectivity index (χ3n) is 1.22. The fourth-order valence-electron chi connectivity index (χ4n) is 0.498. The number of hydrogen-bond acceptors (Lipinski definition) is 1. The van der Waals surface area contributed by atoms with Crippen LogP contribution in [0.25, 0.3) is 0 Å². The van der Waals surface area contributed by atoms with Crippen molar-refractivity contribution in [1.29, 1.82) is 0 Å². The van der Waals surface area contributed by atoms with Crippen molar-refractivity contribution in [2.75, 3.05) is 5.88 Å². The highest BCUT2D eigenvalue weighted by Crippen LogP contribution is 2.16. The predicted octanol–water partition coefficient (Wildman–Crippen LogP) is 2.40. The van der Waals surface area contributed by atoms with Gasteiger partial charge in [0.2, 0.25) is 0 Å². The molecule has 0 amide bonds. The number of alkyl halides is 1. The van der Waals surface area contributed by atoms with Gasteiger partial charge in [0.05, 0.1) is 0 Å². The zero-order valence-corrected chi connectivity index (χ0v) is 7.19. The topological polar surface area (TPSA) is 17.1 Å². The van der Waals surface area contributed by atoms with Crippen LogP contribution in [0.5, 0.6) is 0 Å². The standard InChI is InChI=1S/C8H13ClO/c1-8(2,7-10)5-3-4-6-9/h3-4,7H,5-6H2,1-2H3/b4-3+. The molecule has 0 aromatic heterocycles. The Kier molecular flexibility index (Phi) is 4.37. The monoisotopic (exact) mass is 160 g/mol. The highest BCUT2D eigenvalue weighted by atomic mass is 35.5. The van der Waals surface area contributed by atoms with E-state index in [-0.39, 0.29) is 5.41 Å². The molecule has 0 spiro atoms. The van der Waals surface area contributed by atoms with Crippen molar-refractivity contribution in [2.45, 2.75) is 20.3 Å². The second-order valence-corrected chi connectivity index (χ2v) is 3.24. The van der Waals surface area contributed by atoms with Gasteiger partial charge in [0.15, 0.2) is 0 Å². The lowest BCUT2D eigenvalue weighted by molar-refractivity contribution is -0.114. The van der Waals surface area contributed by atoms with E-state index >= 15 is 0 Å². The van der Waals surface area contributed by atoms with Crippen LogP contribution in [0.3, 0.4) is 0 Å². The molecule has 0 bridgehead atoms. The average Bonchev–Trinajstić information content (AvgIpc) is 1.89. The summed E-state index contributed by atoms with van der Waals surface area (Å²) in [6, 6.07) is 0. The maximum Gasteiger partial charge on any atom is 0.125 e. The molecule has 2 heteroatoms. The molecule has 0 aromatic rings. The van der Waals surface area contributed by atoms with Crippen molar-refractivity contribution in [2.24, 2.45) is 5.41 Å². The van der Waals surface area contributed by atoms with Crippen molar-refractivity contribution < 1.29 is 4.79 Å². The number of allylic oxidation sites excluding steroid dienone is 2. The Morgan fingerprint density at radius 2 is 2.00 bits per heavy atom. The second kappa shape index (κ2) is 4.51. The summed E-state index contributed by atoms with van der Waals surface area (Å²) in [7, 11) is 0. The highest BCUT2D eigenvalue weighted by Gasteiger charge is 2.12. The van der Waals surface area contributed by atoms with E-state index in [1.54, 1.807) is 0 Å². The number of carbonyl (C=O) groups is 1. The first-order valence-electron chi connectivity index (χ1n) is 3.30. The summed E-state index contributed by atoms with van der Waals surface area (Å²) < 4.78 is 0. The van der Waals surface area contributed by atoms with Crippen molar-refractivity contribution in [3.63, 3.8) is 0 Å². The van der Waals surface area contributed by atoms with Gasteiger partial charge in [-0.1, -0.05) is 26.0 Å². The summed E-state index contributed by atoms with van der Waals surface area (Å²) in [6.07, 6.45) is 5.52. The molecule has 0 rings (SSSR count). The van der Waals surface area contributed by atoms with Crippen molar-refractivity contribution in [3.8, 4) is 0 Å². The van der Waals surface area contributed by atoms with E-state index in [1.807, 2.05) is 26.0 Å². The second-order valence-electron chi connectivity index (χ2n) is 2.94. The summed E-state index contributed by atoms with van der Waals surface area (Å²) in [6.45, 7) is 3.80. The Bertz CT molecular complexity index is 127. The number of carbonyl (C=O) groups excluding carboxylic acids is 1. The van der Waals surface area contributed by atoms with Crippen LogP contribution in [0.4, 0.5) is 0 Å². The van der Waals surface area contributed by atoms with Gasteiger partial charge in [-0.15, -0.1) is 11.6 Å². The number of aldehydes is 1. The van der Waals surface area contributed by atoms with E-state index in [0.717, 1.165) is 12.7 Å². The summed E-state index contributed by atoms with van der Waals surface area (Å²) in [5.74, 6) is 0.523. The third kappa shape index (κ3) is 4.57. The molecule has 0 aliphatic rings. The maximum absolute atomic E-state index is 10.4. The van der Waals surface area contributed by atoms with Crippen LogP contribution in [0, 0.1) is 5.41 Å². The normalized spacial score (nSPS) is 12.3. The molecule has 1 nitrogen and oxygen atoms in total. The van der Waals surface area contributed by atoms with E-state index < -0.39 is 0 Å². The first-order valence-corrected chi connectivity index (χ1v) is 3.83. The zero-order chi connectivity index (χ0) is 8.04. The SMILES string of the molecule is CC(C)(C=O)C/C=C/CCl. The average molecular weight is 161 g/mol. The Hall–Kier alpha value is -0.300. The van der Waals surface area contributed by atoms with E-state index in [9.17, 15) is 4.79 Å². The van der Waals surface area contributed by atoms with Crippen LogP contribution in [0.15, 0.2) is 12.2 Å². The first-order chi connectivity index (χ1) is 4.62. The van der Waals surface area contributed by atoms with Gasteiger partial charge in [-0.25, -0.2) is 0 Å². The van der Waals surface area contributed by atoms with Gasteiger partial charge in [0.1, 0.15) is 6.29 Å². The first kappa shape index (κ1) is 9.70. The van der Waals surface area contributed by atoms with Gasteiger partial charge in [0.25, 0.3) is 0 Å². The summed E-state index contributed by atoms with van der Waals surface area (Å²) in [5, 5.41) is 0. The van der Waals surface area contributed by atoms with Crippen LogP contribution < -0.4 is 0 Å². The Morgan fingerprint density at radius 1 is 1.40 bits per heavy atom. The fourth-order valence-corrected chi connectivity index (χ4v) is 0.624. The minimum atomic E-state index is -0.234. The van der Waals surface area contributed by atoms with E-state index in [0.29, 0.717) is 5.88 Å². The van der Waals surface area contributed by atoms with Crippen LogP contribution in [-0.2, 0) is 4.79 Å². The van der Waals surface area contributed by atoms with Crippen molar-refractivity contribution >= 4 is 17.9 Å². The molecule has 0 N–H and O–H groups in total. The van der Waals surface area contributed by atoms with Crippen LogP contribution in [-0.4, -0.2) is 12.2 Å². The van der Waals surface area contributed by atoms with Gasteiger partial charge in [0, 0.05) is 11.3 Å². The molecular weight excluding hydrogens is 148 g/mol. The molecular formula is C8H13ClO. The molecule has 0 fully saturated rings. The molecule has 0 saturated heterocycles. The third-order valence-corrected chi connectivity index (χ3v) is 1.40. The van der Waals surface area contributed by atoms with Gasteiger partial charge < -0.3 is 4.79 Å². The fraction of sp³-hybridized carbons (Fsp3) is 0.625. The lowest BCUT2D eigenvalue weighted by Gasteiger charge is -2.12. The van der Waals surface area contributed by atoms with E-state index in [1.165, 1.54) is 0 Å². The molecule has 58 valence electrons. The van der Waals surface area contributed by atoms with Gasteiger partial charge >= 0.3 is 0 Å². The van der Waals surface area contributed by atoms with Gasteiger partial charge in [-0.2, -0.15) is 0 Å². The molecule has 0 radical (unpaired) electrons. The molecule has 0 atom stereocenters. The molecule has 0 aliphatic carbocycles. The lowest BCUT2D eigenvalue weighted by Crippen LogP contribution is -2.10. The summed E-state index contributed by atoms with van der Waals surface area (Å²) in [4.78, 5) is 10.4. The number of halogens is 1. The number of hydrogen-bond donors (Lipinski definition) is 0. The van der Waals surface area contributed by atoms with E-state index in [2.05, 4.69) is 0 Å². The largest absolute Gasteiger partial charge is 0.303 e. The van der Waals surface area contributed by atoms with Gasteiger partial charge in [-0.3, -0.25) is 0 Å². The van der Waals surface area contributed by atoms with Crippen LogP contribution in [0.2, 0.25) is 0 Å². The number of rotatable bonds is 4. The van der Waals surface area contributed by atoms with Crippen molar-refractivity contribution in [3.05, 3.63) is 12.2 Å². The summed E-state index contributed by atoms with van der Waals surface area (Å²) >= 11 is 5.40. The molecule has 0 aliphatic heterocycles. The van der Waals surface area contributed by atoms with Crippen molar-refractivity contribution in [1.82, 2.24) is 0 Å². The predicted molar refractivity (Wildman–Crippen MR) is 44.3 cm³/mol. The van der Waals surface area contributed by atoms with E-state index in [4.69, 9.17) is 11.6 Å². The molecule has 0 heterocycles. The molecule has 0 saturated carbocycles. The minimum absolute atomic E-state index is 0.234. The molecule has 0 unspecified atom stereocenters. The Morgan fingerprint density at radius 3 is 2.40 bits per heavy atom. The lowest BCUT2D eigenvalue weighted by atomic mass is 9.91. The Balaban J connectivity index is 3.66. The summed E-state index contributed by atoms with van der Waals surface area (Å²) in [5.41, 5.74) is -0.234. The maximum atomic E-state index is 10.4. The molecule has 0 aromatic carbocycles. The van der Waals surface area contributed by atoms with Crippen LogP contribution in [0.1, 0.15) is 20.3 Å². The minimum Gasteiger partial charge on any atom is -0.303 e. The van der Waals surface area contributed by atoms with Crippen LogP contribution >= 0.6 is 11.6 Å². The highest BCUT2D eigenvalue weighted by molar-refractivity contribution is 6.18. The quantitative estimate of drug-likeness (QED) is 0.351. The molecule has 10 heavy (non-hydrogen) atoms.